The number of nitrogens with zero attached hydrogens (tertiary/aromatic N) is 8. The van der Waals surface area contributed by atoms with Crippen molar-refractivity contribution in [3.05, 3.63) is 48.1 Å². The van der Waals surface area contributed by atoms with Crippen molar-refractivity contribution in [3.8, 4) is 17.1 Å². The summed E-state index contributed by atoms with van der Waals surface area (Å²) in [5, 5.41) is 3.24. The zero-order valence-electron chi connectivity index (χ0n) is 27.8. The molecule has 1 N–H and O–H groups in total. The Hall–Kier alpha value is -4.43. The average molecular weight is 648 g/mol. The van der Waals surface area contributed by atoms with E-state index in [0.717, 1.165) is 24.8 Å². The van der Waals surface area contributed by atoms with Crippen LogP contribution in [0, 0.1) is 12.7 Å². The zero-order chi connectivity index (χ0) is 33.3. The molecule has 4 aromatic heterocycles. The Morgan fingerprint density at radius 3 is 2.55 bits per heavy atom. The molecule has 2 aliphatic heterocycles. The van der Waals surface area contributed by atoms with E-state index in [1.165, 1.54) is 19.4 Å². The van der Waals surface area contributed by atoms with E-state index in [1.807, 2.05) is 44.5 Å². The summed E-state index contributed by atoms with van der Waals surface area (Å²) < 4.78 is 33.2. The Morgan fingerprint density at radius 1 is 1.09 bits per heavy atom. The van der Waals surface area contributed by atoms with Crippen LogP contribution in [0.2, 0.25) is 0 Å². The van der Waals surface area contributed by atoms with E-state index in [1.54, 1.807) is 11.2 Å². The van der Waals surface area contributed by atoms with E-state index in [9.17, 15) is 9.18 Å². The molecule has 47 heavy (non-hydrogen) atoms. The number of halogens is 1. The highest BCUT2D eigenvalue weighted by Crippen LogP contribution is 2.36. The van der Waals surface area contributed by atoms with E-state index in [4.69, 9.17) is 34.1 Å². The second-order valence-corrected chi connectivity index (χ2v) is 12.9. The fourth-order valence-corrected chi connectivity index (χ4v) is 5.97. The third-order valence-electron chi connectivity index (χ3n) is 8.42. The Labute approximate surface area is 273 Å². The summed E-state index contributed by atoms with van der Waals surface area (Å²) in [6, 6.07) is 3.33. The fourth-order valence-electron chi connectivity index (χ4n) is 5.97. The minimum atomic E-state index is -0.596. The minimum Gasteiger partial charge on any atom is -0.479 e. The number of pyridine rings is 2. The minimum absolute atomic E-state index is 0.0252. The van der Waals surface area contributed by atoms with Crippen LogP contribution in [0.4, 0.5) is 20.7 Å². The molecule has 13 nitrogen and oxygen atoms in total. The maximum Gasteiger partial charge on any atom is 0.410 e. The maximum absolute atomic E-state index is 14.6. The molecule has 1 unspecified atom stereocenters. The quantitative estimate of drug-likeness (QED) is 0.261. The third kappa shape index (κ3) is 7.13. The Kier molecular flexibility index (Phi) is 9.24. The van der Waals surface area contributed by atoms with Crippen LogP contribution in [-0.4, -0.2) is 90.9 Å². The molecule has 4 aromatic rings. The summed E-state index contributed by atoms with van der Waals surface area (Å²) in [6.07, 6.45) is 7.59. The van der Waals surface area contributed by atoms with Crippen LogP contribution in [0.3, 0.4) is 0 Å². The molecule has 0 bridgehead atoms. The lowest BCUT2D eigenvalue weighted by atomic mass is 10.0. The molecule has 250 valence electrons. The van der Waals surface area contributed by atoms with Crippen LogP contribution in [0.1, 0.15) is 70.6 Å². The van der Waals surface area contributed by atoms with Gasteiger partial charge in [-0.1, -0.05) is 0 Å². The lowest BCUT2D eigenvalue weighted by molar-refractivity contribution is -0.0298. The molecule has 6 heterocycles. The molecular formula is C33H42FN9O4. The first-order valence-electron chi connectivity index (χ1n) is 16.0. The molecular weight excluding hydrogens is 605 g/mol. The number of carbonyl (C=O) groups is 1. The number of fused-ring (bicyclic) bond motifs is 1. The lowest BCUT2D eigenvalue weighted by Crippen LogP contribution is -2.50. The first kappa shape index (κ1) is 32.5. The van der Waals surface area contributed by atoms with Gasteiger partial charge in [0.05, 0.1) is 25.3 Å². The largest absolute Gasteiger partial charge is 0.479 e. The highest BCUT2D eigenvalue weighted by molar-refractivity contribution is 5.92. The van der Waals surface area contributed by atoms with Gasteiger partial charge in [0.25, 0.3) is 0 Å². The number of rotatable bonds is 7. The van der Waals surface area contributed by atoms with Gasteiger partial charge in [-0.2, -0.15) is 0 Å². The predicted octanol–water partition coefficient (Wildman–Crippen LogP) is 5.80. The number of nitrogens with one attached hydrogen (secondary N) is 1. The van der Waals surface area contributed by atoms with Gasteiger partial charge in [0, 0.05) is 56.7 Å². The molecule has 14 heteroatoms. The molecule has 0 saturated carbocycles. The van der Waals surface area contributed by atoms with Gasteiger partial charge in [0.15, 0.2) is 11.5 Å². The molecule has 2 atom stereocenters. The molecule has 0 aliphatic carbocycles. The summed E-state index contributed by atoms with van der Waals surface area (Å²) in [6.45, 7) is 12.7. The van der Waals surface area contributed by atoms with Crippen molar-refractivity contribution in [2.24, 2.45) is 0 Å². The third-order valence-corrected chi connectivity index (χ3v) is 8.42. The molecule has 1 amide bonds. The van der Waals surface area contributed by atoms with E-state index in [2.05, 4.69) is 22.1 Å². The predicted molar refractivity (Wildman–Crippen MR) is 174 cm³/mol. The SMILES string of the molecule is COc1ncc(Nc2ncc([C@@H](C)N3CCN(C(=O)OC(C)(C)C)CC3)cc2-c2nc(C)nc3c2ncn3C2CCCCO2)cc1F. The molecule has 6 rings (SSSR count). The summed E-state index contributed by atoms with van der Waals surface area (Å²) >= 11 is 0. The summed E-state index contributed by atoms with van der Waals surface area (Å²) in [4.78, 5) is 40.0. The van der Waals surface area contributed by atoms with E-state index < -0.39 is 11.4 Å². The Bertz CT molecular complexity index is 1740. The second kappa shape index (κ2) is 13.4. The lowest BCUT2D eigenvalue weighted by Gasteiger charge is -2.38. The van der Waals surface area contributed by atoms with Crippen molar-refractivity contribution in [3.63, 3.8) is 0 Å². The maximum atomic E-state index is 14.6. The van der Waals surface area contributed by atoms with Crippen LogP contribution in [-0.2, 0) is 9.47 Å². The topological polar surface area (TPSA) is 133 Å². The van der Waals surface area contributed by atoms with Gasteiger partial charge in [-0.25, -0.2) is 34.1 Å². The number of piperazine rings is 1. The average Bonchev–Trinajstić information content (AvgIpc) is 3.48. The standard InChI is InChI=1S/C33H42FN9O4/c1-20(41-10-12-42(13-11-41)32(44)47-33(3,4)5)22-15-24(29(35-17-22)40-23-16-25(34)31(45-6)36-18-23)27-28-30(39-21(2)38-27)43(19-37-28)26-9-7-8-14-46-26/h15-20,26H,7-14H2,1-6H3,(H,35,40)/t20-,26?/m1/s1. The van der Waals surface area contributed by atoms with Crippen molar-refractivity contribution < 1.29 is 23.4 Å². The van der Waals surface area contributed by atoms with Crippen LogP contribution in [0.5, 0.6) is 5.88 Å². The number of ether oxygens (including phenoxy) is 3. The Balaban J connectivity index is 1.35. The highest BCUT2D eigenvalue weighted by Gasteiger charge is 2.29. The number of amides is 1. The van der Waals surface area contributed by atoms with Gasteiger partial charge in [-0.05, 0) is 65.5 Å². The number of imidazole rings is 1. The normalized spacial score (nSPS) is 18.3. The van der Waals surface area contributed by atoms with Crippen molar-refractivity contribution in [2.45, 2.75) is 71.8 Å². The van der Waals surface area contributed by atoms with E-state index >= 15 is 0 Å². The molecule has 0 spiro atoms. The van der Waals surface area contributed by atoms with Crippen LogP contribution in [0.15, 0.2) is 30.9 Å². The molecule has 2 saturated heterocycles. The summed E-state index contributed by atoms with van der Waals surface area (Å²) in [7, 11) is 1.37. The van der Waals surface area contributed by atoms with E-state index in [-0.39, 0.29) is 24.2 Å². The molecule has 2 fully saturated rings. The highest BCUT2D eigenvalue weighted by atomic mass is 19.1. The van der Waals surface area contributed by atoms with Gasteiger partial charge in [-0.15, -0.1) is 0 Å². The molecule has 0 aromatic carbocycles. The number of carbonyl (C=O) groups excluding carboxylic acids is 1. The van der Waals surface area contributed by atoms with Crippen LogP contribution >= 0.6 is 0 Å². The van der Waals surface area contributed by atoms with Crippen molar-refractivity contribution >= 4 is 28.8 Å². The van der Waals surface area contributed by atoms with Gasteiger partial charge >= 0.3 is 6.09 Å². The van der Waals surface area contributed by atoms with Gasteiger partial charge in [0.1, 0.15) is 34.7 Å². The van der Waals surface area contributed by atoms with Gasteiger partial charge in [-0.3, -0.25) is 9.47 Å². The molecule has 2 aliphatic rings. The number of methoxy groups -OCH3 is 1. The second-order valence-electron chi connectivity index (χ2n) is 12.9. The van der Waals surface area contributed by atoms with Crippen molar-refractivity contribution in [2.75, 3.05) is 45.2 Å². The van der Waals surface area contributed by atoms with Crippen molar-refractivity contribution in [1.82, 2.24) is 39.3 Å². The number of aryl methyl sites for hydroxylation is 1. The number of aromatic nitrogens is 6. The van der Waals surface area contributed by atoms with Crippen LogP contribution < -0.4 is 10.1 Å². The number of anilines is 2. The van der Waals surface area contributed by atoms with E-state index in [0.29, 0.717) is 72.5 Å². The smallest absolute Gasteiger partial charge is 0.410 e. The molecule has 0 radical (unpaired) electrons. The number of hydrogen-bond acceptors (Lipinski definition) is 11. The fraction of sp³-hybridized carbons (Fsp3) is 0.515. The van der Waals surface area contributed by atoms with Gasteiger partial charge < -0.3 is 24.4 Å². The monoisotopic (exact) mass is 647 g/mol. The van der Waals surface area contributed by atoms with Crippen molar-refractivity contribution in [1.29, 1.82) is 0 Å². The first-order chi connectivity index (χ1) is 22.5. The zero-order valence-corrected chi connectivity index (χ0v) is 27.8. The van der Waals surface area contributed by atoms with Gasteiger partial charge in [0.2, 0.25) is 5.88 Å². The number of hydrogen-bond donors (Lipinski definition) is 1. The first-order valence-corrected chi connectivity index (χ1v) is 16.0. The summed E-state index contributed by atoms with van der Waals surface area (Å²) in [5.74, 6) is 0.347. The summed E-state index contributed by atoms with van der Waals surface area (Å²) in [5.41, 5.74) is 3.39. The van der Waals surface area contributed by atoms with Crippen LogP contribution in [0.25, 0.3) is 22.4 Å². The Morgan fingerprint density at radius 2 is 1.87 bits per heavy atom.